The average molecular weight is 402 g/mol. The molecule has 0 bridgehead atoms. The van der Waals surface area contributed by atoms with Crippen LogP contribution in [0.3, 0.4) is 0 Å². The Labute approximate surface area is 173 Å². The van der Waals surface area contributed by atoms with Gasteiger partial charge in [0.15, 0.2) is 5.82 Å². The molecule has 0 aromatic carbocycles. The van der Waals surface area contributed by atoms with E-state index in [0.717, 1.165) is 24.2 Å². The predicted octanol–water partition coefficient (Wildman–Crippen LogP) is 2.08. The van der Waals surface area contributed by atoms with Crippen LogP contribution in [0.2, 0.25) is 0 Å². The number of imidazole rings is 1. The lowest BCUT2D eigenvalue weighted by molar-refractivity contribution is -0.136. The van der Waals surface area contributed by atoms with Crippen molar-refractivity contribution in [2.75, 3.05) is 24.1 Å². The molecular formula is C21H22N8O. The van der Waals surface area contributed by atoms with Gasteiger partial charge >= 0.3 is 0 Å². The monoisotopic (exact) mass is 402 g/mol. The number of rotatable bonds is 4. The number of likely N-dealkylation sites (tertiary alicyclic amines) is 1. The van der Waals surface area contributed by atoms with Crippen LogP contribution < -0.4 is 11.1 Å². The lowest BCUT2D eigenvalue weighted by Crippen LogP contribution is -2.47. The largest absolute Gasteiger partial charge is 0.398 e. The summed E-state index contributed by atoms with van der Waals surface area (Å²) in [6, 6.07) is 7.76. The number of nitrogens with two attached hydrogens (primary N) is 1. The fourth-order valence-electron chi connectivity index (χ4n) is 4.01. The third-order valence-corrected chi connectivity index (χ3v) is 5.85. The molecule has 3 N–H and O–H groups in total. The van der Waals surface area contributed by atoms with E-state index in [1.165, 1.54) is 0 Å². The molecule has 3 aromatic rings. The number of hydrogen-bond donors (Lipinski definition) is 2. The highest BCUT2D eigenvalue weighted by Crippen LogP contribution is 2.46. The molecule has 4 heterocycles. The third-order valence-electron chi connectivity index (χ3n) is 5.85. The van der Waals surface area contributed by atoms with Crippen LogP contribution in [0.5, 0.6) is 0 Å². The van der Waals surface area contributed by atoms with Crippen LogP contribution in [-0.2, 0) is 4.79 Å². The number of piperidine rings is 1. The summed E-state index contributed by atoms with van der Waals surface area (Å²) in [7, 11) is 0. The summed E-state index contributed by atoms with van der Waals surface area (Å²) in [5.74, 6) is 1.21. The summed E-state index contributed by atoms with van der Waals surface area (Å²) in [5, 5.41) is 12.8. The van der Waals surface area contributed by atoms with Gasteiger partial charge in [-0.1, -0.05) is 0 Å². The zero-order valence-electron chi connectivity index (χ0n) is 16.5. The topological polar surface area (TPSA) is 125 Å². The predicted molar refractivity (Wildman–Crippen MR) is 111 cm³/mol. The van der Waals surface area contributed by atoms with E-state index in [1.54, 1.807) is 24.7 Å². The number of pyridine rings is 1. The van der Waals surface area contributed by atoms with Crippen molar-refractivity contribution in [1.82, 2.24) is 24.3 Å². The summed E-state index contributed by atoms with van der Waals surface area (Å²) in [4.78, 5) is 28.0. The lowest BCUT2D eigenvalue weighted by atomic mass is 10.0. The van der Waals surface area contributed by atoms with Crippen LogP contribution in [0, 0.1) is 16.7 Å². The van der Waals surface area contributed by atoms with Crippen LogP contribution in [0.1, 0.15) is 25.7 Å². The smallest absolute Gasteiger partial charge is 0.243 e. The maximum Gasteiger partial charge on any atom is 0.243 e. The van der Waals surface area contributed by atoms with Gasteiger partial charge in [-0.05, 0) is 43.9 Å². The van der Waals surface area contributed by atoms with Crippen LogP contribution in [0.25, 0.3) is 17.2 Å². The minimum absolute atomic E-state index is 0.0248. The van der Waals surface area contributed by atoms with Crippen LogP contribution in [0.15, 0.2) is 36.8 Å². The van der Waals surface area contributed by atoms with E-state index >= 15 is 0 Å². The van der Waals surface area contributed by atoms with E-state index in [4.69, 9.17) is 5.73 Å². The van der Waals surface area contributed by atoms with Crippen molar-refractivity contribution >= 4 is 23.1 Å². The van der Waals surface area contributed by atoms with Crippen LogP contribution in [0.4, 0.5) is 11.5 Å². The van der Waals surface area contributed by atoms with Crippen molar-refractivity contribution in [3.63, 3.8) is 0 Å². The van der Waals surface area contributed by atoms with Crippen molar-refractivity contribution in [3.05, 3.63) is 36.8 Å². The number of hydrogen-bond acceptors (Lipinski definition) is 7. The molecule has 5 rings (SSSR count). The molecule has 9 nitrogen and oxygen atoms in total. The molecule has 2 fully saturated rings. The molecule has 1 atom stereocenters. The second kappa shape index (κ2) is 6.99. The average Bonchev–Trinajstić information content (AvgIpc) is 3.46. The molecule has 0 radical (unpaired) electrons. The molecule has 0 spiro atoms. The summed E-state index contributed by atoms with van der Waals surface area (Å²) in [6.07, 6.45) is 8.42. The summed E-state index contributed by atoms with van der Waals surface area (Å²) < 4.78 is 1.87. The highest BCUT2D eigenvalue weighted by molar-refractivity contribution is 5.88. The highest BCUT2D eigenvalue weighted by Gasteiger charge is 2.52. The van der Waals surface area contributed by atoms with Gasteiger partial charge in [-0.15, -0.1) is 0 Å². The molecular weight excluding hydrogens is 380 g/mol. The molecule has 2 aliphatic rings. The number of carbonyl (C=O) groups excluding carboxylic acids is 1. The van der Waals surface area contributed by atoms with E-state index < -0.39 is 5.41 Å². The molecule has 30 heavy (non-hydrogen) atoms. The van der Waals surface area contributed by atoms with Gasteiger partial charge in [0, 0.05) is 37.2 Å². The van der Waals surface area contributed by atoms with Crippen molar-refractivity contribution in [2.24, 2.45) is 5.41 Å². The first-order valence-corrected chi connectivity index (χ1v) is 10.1. The van der Waals surface area contributed by atoms with E-state index in [0.29, 0.717) is 43.3 Å². The van der Waals surface area contributed by atoms with E-state index in [1.807, 2.05) is 21.4 Å². The Hall–Kier alpha value is -3.67. The second-order valence-electron chi connectivity index (χ2n) is 8.03. The minimum Gasteiger partial charge on any atom is -0.398 e. The Morgan fingerprint density at radius 1 is 1.30 bits per heavy atom. The molecule has 1 aliphatic heterocycles. The Balaban J connectivity index is 1.34. The van der Waals surface area contributed by atoms with Crippen LogP contribution >= 0.6 is 0 Å². The Morgan fingerprint density at radius 2 is 2.17 bits per heavy atom. The zero-order chi connectivity index (χ0) is 20.7. The first-order valence-electron chi connectivity index (χ1n) is 10.1. The van der Waals surface area contributed by atoms with Gasteiger partial charge in [-0.3, -0.25) is 9.20 Å². The summed E-state index contributed by atoms with van der Waals surface area (Å²) in [6.45, 7) is 1.28. The van der Waals surface area contributed by atoms with Gasteiger partial charge in [0.05, 0.1) is 12.3 Å². The number of anilines is 2. The fraction of sp³-hybridized carbons (Fsp3) is 0.381. The standard InChI is InChI=1S/C21H22N8O/c22-13-21(6-7-21)20(30)28-9-1-2-15(12-28)26-17-5-8-24-19(27-17)16-10-25-18-4-3-14(23)11-29(16)18/h3-5,8,10-11,15H,1-2,6-7,9,12,23H2,(H,24,26,27)/t15-/m1/s1. The molecule has 9 heteroatoms. The molecule has 1 amide bonds. The Morgan fingerprint density at radius 3 is 2.97 bits per heavy atom. The second-order valence-corrected chi connectivity index (χ2v) is 8.03. The maximum atomic E-state index is 12.7. The van der Waals surface area contributed by atoms with Crippen molar-refractivity contribution in [2.45, 2.75) is 31.7 Å². The fourth-order valence-corrected chi connectivity index (χ4v) is 4.01. The molecule has 3 aromatic heterocycles. The number of fused-ring (bicyclic) bond motifs is 1. The van der Waals surface area contributed by atoms with E-state index in [2.05, 4.69) is 26.3 Å². The number of nitriles is 1. The molecule has 1 aliphatic carbocycles. The van der Waals surface area contributed by atoms with E-state index in [-0.39, 0.29) is 11.9 Å². The van der Waals surface area contributed by atoms with Gasteiger partial charge in [-0.2, -0.15) is 5.26 Å². The quantitative estimate of drug-likeness (QED) is 0.684. The number of nitrogen functional groups attached to an aromatic ring is 1. The highest BCUT2D eigenvalue weighted by atomic mass is 16.2. The summed E-state index contributed by atoms with van der Waals surface area (Å²) >= 11 is 0. The summed E-state index contributed by atoms with van der Waals surface area (Å²) in [5.41, 5.74) is 7.30. The van der Waals surface area contributed by atoms with Gasteiger partial charge in [0.25, 0.3) is 0 Å². The number of nitrogens with zero attached hydrogens (tertiary/aromatic N) is 6. The molecule has 1 saturated carbocycles. The number of nitrogens with one attached hydrogen (secondary N) is 1. The molecule has 0 unspecified atom stereocenters. The van der Waals surface area contributed by atoms with Crippen molar-refractivity contribution in [3.8, 4) is 17.6 Å². The lowest BCUT2D eigenvalue weighted by Gasteiger charge is -2.34. The maximum absolute atomic E-state index is 12.7. The number of carbonyl (C=O) groups is 1. The Kier molecular flexibility index (Phi) is 4.28. The molecule has 1 saturated heterocycles. The van der Waals surface area contributed by atoms with Gasteiger partial charge in [0.2, 0.25) is 5.91 Å². The van der Waals surface area contributed by atoms with Gasteiger partial charge < -0.3 is 16.0 Å². The number of amides is 1. The Bertz CT molecular complexity index is 1160. The van der Waals surface area contributed by atoms with Crippen molar-refractivity contribution in [1.29, 1.82) is 5.26 Å². The first kappa shape index (κ1) is 18.4. The number of aromatic nitrogens is 4. The van der Waals surface area contributed by atoms with Crippen molar-refractivity contribution < 1.29 is 4.79 Å². The normalized spacial score (nSPS) is 20.0. The third kappa shape index (κ3) is 3.20. The van der Waals surface area contributed by atoms with Gasteiger partial charge in [-0.25, -0.2) is 15.0 Å². The van der Waals surface area contributed by atoms with E-state index in [9.17, 15) is 10.1 Å². The SMILES string of the molecule is N#CC1(C(=O)N2CCC[C@@H](Nc3ccnc(-c4cnc5ccc(N)cn45)n3)C2)CC1. The van der Waals surface area contributed by atoms with Gasteiger partial charge in [0.1, 0.15) is 22.6 Å². The first-order chi connectivity index (χ1) is 14.6. The molecule has 152 valence electrons. The minimum atomic E-state index is -0.769. The van der Waals surface area contributed by atoms with Crippen LogP contribution in [-0.4, -0.2) is 49.3 Å². The zero-order valence-corrected chi connectivity index (χ0v) is 16.5.